The molecule has 0 atom stereocenters. The molecule has 0 unspecified atom stereocenters. The highest BCUT2D eigenvalue weighted by Gasteiger charge is 2.21. The van der Waals surface area contributed by atoms with Gasteiger partial charge in [0, 0.05) is 0 Å². The molecule has 15 heavy (non-hydrogen) atoms. The Kier molecular flexibility index (Phi) is 2.73. The summed E-state index contributed by atoms with van der Waals surface area (Å²) in [5, 5.41) is 4.61. The number of hydrogen-bond acceptors (Lipinski definition) is 3. The predicted molar refractivity (Wildman–Crippen MR) is 46.2 cm³/mol. The maximum atomic E-state index is 13.3. The van der Waals surface area contributed by atoms with Crippen molar-refractivity contribution >= 4 is 15.9 Å². The van der Waals surface area contributed by atoms with Gasteiger partial charge in [-0.15, -0.1) is 0 Å². The first-order chi connectivity index (χ1) is 6.73. The summed E-state index contributed by atoms with van der Waals surface area (Å²) in [6.07, 6.45) is 0. The van der Waals surface area contributed by atoms with Crippen molar-refractivity contribution in [2.45, 2.75) is 4.90 Å². The highest BCUT2D eigenvalue weighted by Crippen LogP contribution is 2.18. The normalized spacial score (nSPS) is 11.4. The van der Waals surface area contributed by atoms with Gasteiger partial charge < -0.3 is 5.73 Å². The summed E-state index contributed by atoms with van der Waals surface area (Å²) in [7, 11) is -4.43. The number of benzene rings is 1. The van der Waals surface area contributed by atoms with E-state index in [-0.39, 0.29) is 0 Å². The highest BCUT2D eigenvalue weighted by atomic mass is 32.2. The van der Waals surface area contributed by atoms with Crippen LogP contribution in [0.4, 0.5) is 8.78 Å². The first-order valence-electron chi connectivity index (χ1n) is 3.55. The van der Waals surface area contributed by atoms with Crippen molar-refractivity contribution in [3.05, 3.63) is 29.3 Å². The zero-order valence-corrected chi connectivity index (χ0v) is 8.01. The Labute approximate surface area is 83.7 Å². The van der Waals surface area contributed by atoms with Crippen LogP contribution in [0, 0.1) is 11.6 Å². The summed E-state index contributed by atoms with van der Waals surface area (Å²) in [6.45, 7) is 0. The van der Waals surface area contributed by atoms with E-state index in [9.17, 15) is 22.0 Å². The molecule has 0 aromatic heterocycles. The number of sulfonamides is 1. The van der Waals surface area contributed by atoms with Gasteiger partial charge in [0.1, 0.15) is 10.7 Å². The van der Waals surface area contributed by atoms with E-state index in [1.54, 1.807) is 0 Å². The Morgan fingerprint density at radius 1 is 1.27 bits per heavy atom. The van der Waals surface area contributed by atoms with Crippen LogP contribution in [-0.2, 0) is 10.0 Å². The Hall–Kier alpha value is -1.54. The van der Waals surface area contributed by atoms with Gasteiger partial charge in [0.25, 0.3) is 5.91 Å². The van der Waals surface area contributed by atoms with Crippen molar-refractivity contribution in [3.63, 3.8) is 0 Å². The Balaban J connectivity index is 3.63. The third kappa shape index (κ3) is 2.28. The van der Waals surface area contributed by atoms with Crippen molar-refractivity contribution < 1.29 is 22.0 Å². The van der Waals surface area contributed by atoms with E-state index in [0.29, 0.717) is 12.1 Å². The van der Waals surface area contributed by atoms with E-state index in [2.05, 4.69) is 5.14 Å². The van der Waals surface area contributed by atoms with Gasteiger partial charge in [0.05, 0.1) is 5.56 Å². The molecule has 0 saturated carbocycles. The second-order valence-electron chi connectivity index (χ2n) is 2.67. The van der Waals surface area contributed by atoms with Crippen molar-refractivity contribution in [1.82, 2.24) is 0 Å². The van der Waals surface area contributed by atoms with Crippen LogP contribution in [0.3, 0.4) is 0 Å². The van der Waals surface area contributed by atoms with Crippen LogP contribution in [0.2, 0.25) is 0 Å². The molecule has 0 spiro atoms. The summed E-state index contributed by atoms with van der Waals surface area (Å²) in [6, 6.07) is 0.865. The quantitative estimate of drug-likeness (QED) is 0.737. The van der Waals surface area contributed by atoms with Crippen molar-refractivity contribution in [2.24, 2.45) is 10.9 Å². The Morgan fingerprint density at radius 3 is 2.20 bits per heavy atom. The fourth-order valence-corrected chi connectivity index (χ4v) is 1.59. The minimum atomic E-state index is -4.43. The molecule has 0 bridgehead atoms. The monoisotopic (exact) mass is 236 g/mol. The highest BCUT2D eigenvalue weighted by molar-refractivity contribution is 7.89. The lowest BCUT2D eigenvalue weighted by Crippen LogP contribution is -2.19. The van der Waals surface area contributed by atoms with Gasteiger partial charge in [-0.1, -0.05) is 0 Å². The SMILES string of the molecule is NC(=O)c1cc(F)cc(S(N)(=O)=O)c1F. The zero-order valence-electron chi connectivity index (χ0n) is 7.20. The molecular weight excluding hydrogens is 230 g/mol. The van der Waals surface area contributed by atoms with Gasteiger partial charge in [-0.25, -0.2) is 22.3 Å². The molecule has 0 radical (unpaired) electrons. The molecule has 1 amide bonds. The van der Waals surface area contributed by atoms with Crippen molar-refractivity contribution in [1.29, 1.82) is 0 Å². The number of hydrogen-bond donors (Lipinski definition) is 2. The first kappa shape index (κ1) is 11.5. The third-order valence-corrected chi connectivity index (χ3v) is 2.49. The van der Waals surface area contributed by atoms with E-state index < -0.39 is 38.0 Å². The lowest BCUT2D eigenvalue weighted by molar-refractivity contribution is 0.0995. The average molecular weight is 236 g/mol. The number of nitrogens with two attached hydrogens (primary N) is 2. The van der Waals surface area contributed by atoms with E-state index in [1.165, 1.54) is 0 Å². The lowest BCUT2D eigenvalue weighted by Gasteiger charge is -2.04. The van der Waals surface area contributed by atoms with Crippen molar-refractivity contribution in [2.75, 3.05) is 0 Å². The molecule has 0 heterocycles. The first-order valence-corrected chi connectivity index (χ1v) is 5.09. The van der Waals surface area contributed by atoms with E-state index in [0.717, 1.165) is 0 Å². The average Bonchev–Trinajstić information content (AvgIpc) is 2.06. The summed E-state index contributed by atoms with van der Waals surface area (Å²) in [5.41, 5.74) is 3.85. The van der Waals surface area contributed by atoms with E-state index in [1.807, 2.05) is 0 Å². The van der Waals surface area contributed by atoms with Crippen LogP contribution < -0.4 is 10.9 Å². The van der Waals surface area contributed by atoms with Gasteiger partial charge in [-0.3, -0.25) is 4.79 Å². The fraction of sp³-hybridized carbons (Fsp3) is 0. The molecule has 5 nitrogen and oxygen atoms in total. The number of carbonyl (C=O) groups excluding carboxylic acids is 1. The fourth-order valence-electron chi connectivity index (χ4n) is 0.951. The standard InChI is InChI=1S/C7H6F2N2O3S/c8-3-1-4(7(10)12)6(9)5(2-3)15(11,13)14/h1-2H,(H2,10,12)(H2,11,13,14). The van der Waals surface area contributed by atoms with Gasteiger partial charge >= 0.3 is 0 Å². The van der Waals surface area contributed by atoms with Gasteiger partial charge in [0.15, 0.2) is 5.82 Å². The molecule has 0 aliphatic carbocycles. The Bertz CT molecular complexity index is 527. The number of primary sulfonamides is 1. The van der Waals surface area contributed by atoms with E-state index in [4.69, 9.17) is 5.73 Å². The molecule has 8 heteroatoms. The maximum absolute atomic E-state index is 13.3. The van der Waals surface area contributed by atoms with Crippen LogP contribution in [0.5, 0.6) is 0 Å². The molecule has 0 aliphatic rings. The summed E-state index contributed by atoms with van der Waals surface area (Å²) in [4.78, 5) is 9.53. The molecule has 1 rings (SSSR count). The molecule has 0 fully saturated rings. The van der Waals surface area contributed by atoms with Gasteiger partial charge in [0.2, 0.25) is 10.0 Å². The number of primary amides is 1. The van der Waals surface area contributed by atoms with Crippen molar-refractivity contribution in [3.8, 4) is 0 Å². The third-order valence-electron chi connectivity index (χ3n) is 1.58. The number of carbonyl (C=O) groups is 1. The van der Waals surface area contributed by atoms with E-state index >= 15 is 0 Å². The molecule has 1 aromatic rings. The zero-order chi connectivity index (χ0) is 11.8. The molecule has 82 valence electrons. The largest absolute Gasteiger partial charge is 0.366 e. The van der Waals surface area contributed by atoms with Crippen LogP contribution in [0.1, 0.15) is 10.4 Å². The Morgan fingerprint density at radius 2 is 1.80 bits per heavy atom. The molecular formula is C7H6F2N2O3S. The van der Waals surface area contributed by atoms with Gasteiger partial charge in [-0.2, -0.15) is 0 Å². The van der Waals surface area contributed by atoms with Crippen LogP contribution in [0.15, 0.2) is 17.0 Å². The molecule has 0 saturated heterocycles. The molecule has 4 N–H and O–H groups in total. The van der Waals surface area contributed by atoms with Crippen LogP contribution >= 0.6 is 0 Å². The molecule has 1 aromatic carbocycles. The van der Waals surface area contributed by atoms with Crippen LogP contribution in [-0.4, -0.2) is 14.3 Å². The summed E-state index contributed by atoms with van der Waals surface area (Å²) >= 11 is 0. The topological polar surface area (TPSA) is 103 Å². The summed E-state index contributed by atoms with van der Waals surface area (Å²) < 4.78 is 47.7. The predicted octanol–water partition coefficient (Wildman–Crippen LogP) is -0.289. The number of amides is 1. The number of halogens is 2. The van der Waals surface area contributed by atoms with Crippen LogP contribution in [0.25, 0.3) is 0 Å². The lowest BCUT2D eigenvalue weighted by atomic mass is 10.2. The molecule has 0 aliphatic heterocycles. The summed E-state index contributed by atoms with van der Waals surface area (Å²) in [5.74, 6) is -3.85. The second kappa shape index (κ2) is 3.55. The maximum Gasteiger partial charge on any atom is 0.251 e. The number of rotatable bonds is 2. The minimum Gasteiger partial charge on any atom is -0.366 e. The smallest absolute Gasteiger partial charge is 0.251 e. The van der Waals surface area contributed by atoms with Gasteiger partial charge in [-0.05, 0) is 12.1 Å². The minimum absolute atomic E-state index is 0.372. The second-order valence-corrected chi connectivity index (χ2v) is 4.20.